The van der Waals surface area contributed by atoms with Gasteiger partial charge in [-0.1, -0.05) is 43.0 Å². The lowest BCUT2D eigenvalue weighted by molar-refractivity contribution is 0.742. The molecule has 0 aliphatic carbocycles. The van der Waals surface area contributed by atoms with Gasteiger partial charge in [0, 0.05) is 18.4 Å². The molecule has 1 heterocycles. The minimum absolute atomic E-state index is 0.496. The van der Waals surface area contributed by atoms with Crippen molar-refractivity contribution in [2.45, 2.75) is 26.2 Å². The SMILES string of the molecule is CCCCCNc1ccnc(Nc2ccc(Cl)c(Cl)c2)n1. The van der Waals surface area contributed by atoms with Crippen LogP contribution in [0.25, 0.3) is 0 Å². The number of nitrogens with one attached hydrogen (secondary N) is 2. The number of nitrogens with zero attached hydrogens (tertiary/aromatic N) is 2. The molecule has 2 aromatic rings. The van der Waals surface area contributed by atoms with Gasteiger partial charge in [0.15, 0.2) is 0 Å². The van der Waals surface area contributed by atoms with E-state index in [4.69, 9.17) is 23.2 Å². The fourth-order valence-electron chi connectivity index (χ4n) is 1.81. The summed E-state index contributed by atoms with van der Waals surface area (Å²) in [5.41, 5.74) is 0.799. The summed E-state index contributed by atoms with van der Waals surface area (Å²) in [6.07, 6.45) is 5.27. The fourth-order valence-corrected chi connectivity index (χ4v) is 2.11. The lowest BCUT2D eigenvalue weighted by Gasteiger charge is -2.08. The number of unbranched alkanes of at least 4 members (excludes halogenated alkanes) is 2. The molecule has 0 aliphatic heterocycles. The van der Waals surface area contributed by atoms with Crippen molar-refractivity contribution in [2.24, 2.45) is 0 Å². The van der Waals surface area contributed by atoms with Crippen molar-refractivity contribution in [1.82, 2.24) is 9.97 Å². The average Bonchev–Trinajstić information content (AvgIpc) is 2.48. The fraction of sp³-hybridized carbons (Fsp3) is 0.333. The van der Waals surface area contributed by atoms with Crippen LogP contribution in [0.15, 0.2) is 30.5 Å². The monoisotopic (exact) mass is 324 g/mol. The van der Waals surface area contributed by atoms with Gasteiger partial charge in [-0.05, 0) is 30.7 Å². The molecule has 0 bridgehead atoms. The quantitative estimate of drug-likeness (QED) is 0.693. The molecule has 0 amide bonds. The standard InChI is InChI=1S/C15H18Cl2N4/c1-2-3-4-8-18-14-7-9-19-15(21-14)20-11-5-6-12(16)13(17)10-11/h5-7,9-10H,2-4,8H2,1H3,(H2,18,19,20,21). The van der Waals surface area contributed by atoms with E-state index in [9.17, 15) is 0 Å². The van der Waals surface area contributed by atoms with E-state index < -0.39 is 0 Å². The molecule has 2 N–H and O–H groups in total. The Bertz CT molecular complexity index is 590. The molecule has 4 nitrogen and oxygen atoms in total. The van der Waals surface area contributed by atoms with E-state index in [1.165, 1.54) is 12.8 Å². The highest BCUT2D eigenvalue weighted by molar-refractivity contribution is 6.42. The normalized spacial score (nSPS) is 10.4. The number of halogens is 2. The summed E-state index contributed by atoms with van der Waals surface area (Å²) in [6.45, 7) is 3.10. The topological polar surface area (TPSA) is 49.8 Å². The van der Waals surface area contributed by atoms with Crippen molar-refractivity contribution in [3.8, 4) is 0 Å². The van der Waals surface area contributed by atoms with E-state index in [0.717, 1.165) is 24.5 Å². The Kier molecular flexibility index (Phi) is 6.08. The zero-order valence-electron chi connectivity index (χ0n) is 11.9. The molecular formula is C15H18Cl2N4. The summed E-state index contributed by atoms with van der Waals surface area (Å²) >= 11 is 11.9. The molecule has 0 saturated heterocycles. The van der Waals surface area contributed by atoms with E-state index in [1.54, 1.807) is 18.3 Å². The first-order valence-corrected chi connectivity index (χ1v) is 7.73. The second-order valence-electron chi connectivity index (χ2n) is 4.65. The molecule has 0 unspecified atom stereocenters. The minimum Gasteiger partial charge on any atom is -0.370 e. The van der Waals surface area contributed by atoms with Gasteiger partial charge in [0.2, 0.25) is 5.95 Å². The van der Waals surface area contributed by atoms with Crippen LogP contribution in [0, 0.1) is 0 Å². The van der Waals surface area contributed by atoms with Gasteiger partial charge in [0.1, 0.15) is 5.82 Å². The smallest absolute Gasteiger partial charge is 0.229 e. The van der Waals surface area contributed by atoms with Crippen LogP contribution in [0.2, 0.25) is 10.0 Å². The molecule has 6 heteroatoms. The lowest BCUT2D eigenvalue weighted by atomic mass is 10.2. The molecule has 0 spiro atoms. The lowest BCUT2D eigenvalue weighted by Crippen LogP contribution is -2.05. The highest BCUT2D eigenvalue weighted by Gasteiger charge is 2.03. The zero-order valence-corrected chi connectivity index (χ0v) is 13.4. The third kappa shape index (κ3) is 5.06. The van der Waals surface area contributed by atoms with E-state index in [-0.39, 0.29) is 0 Å². The van der Waals surface area contributed by atoms with Gasteiger partial charge in [-0.3, -0.25) is 0 Å². The van der Waals surface area contributed by atoms with E-state index in [0.29, 0.717) is 16.0 Å². The Morgan fingerprint density at radius 3 is 2.71 bits per heavy atom. The highest BCUT2D eigenvalue weighted by Crippen LogP contribution is 2.26. The van der Waals surface area contributed by atoms with Crippen LogP contribution < -0.4 is 10.6 Å². The maximum Gasteiger partial charge on any atom is 0.229 e. The average molecular weight is 325 g/mol. The Morgan fingerprint density at radius 1 is 1.10 bits per heavy atom. The number of benzene rings is 1. The molecule has 1 aromatic carbocycles. The van der Waals surface area contributed by atoms with Crippen LogP contribution in [0.1, 0.15) is 26.2 Å². The molecular weight excluding hydrogens is 307 g/mol. The van der Waals surface area contributed by atoms with Crippen LogP contribution >= 0.6 is 23.2 Å². The molecule has 112 valence electrons. The minimum atomic E-state index is 0.496. The predicted octanol–water partition coefficient (Wildman–Crippen LogP) is 5.13. The summed E-state index contributed by atoms with van der Waals surface area (Å²) in [6, 6.07) is 7.17. The molecule has 0 fully saturated rings. The number of hydrogen-bond donors (Lipinski definition) is 2. The Labute approximate surface area is 134 Å². The van der Waals surface area contributed by atoms with Gasteiger partial charge in [0.05, 0.1) is 10.0 Å². The Morgan fingerprint density at radius 2 is 1.95 bits per heavy atom. The van der Waals surface area contributed by atoms with Crippen LogP contribution in [-0.4, -0.2) is 16.5 Å². The third-order valence-corrected chi connectivity index (χ3v) is 3.66. The summed E-state index contributed by atoms with van der Waals surface area (Å²) in [5.74, 6) is 1.33. The number of aromatic nitrogens is 2. The van der Waals surface area contributed by atoms with Crippen molar-refractivity contribution in [1.29, 1.82) is 0 Å². The van der Waals surface area contributed by atoms with Gasteiger partial charge in [0.25, 0.3) is 0 Å². The first kappa shape index (κ1) is 15.9. The van der Waals surface area contributed by atoms with Crippen molar-refractivity contribution >= 4 is 40.7 Å². The second kappa shape index (κ2) is 8.05. The number of hydrogen-bond acceptors (Lipinski definition) is 4. The Balaban J connectivity index is 1.98. The summed E-state index contributed by atoms with van der Waals surface area (Å²) < 4.78 is 0. The van der Waals surface area contributed by atoms with Gasteiger partial charge in [-0.25, -0.2) is 4.98 Å². The molecule has 0 radical (unpaired) electrons. The highest BCUT2D eigenvalue weighted by atomic mass is 35.5. The largest absolute Gasteiger partial charge is 0.370 e. The molecule has 0 saturated carbocycles. The first-order valence-electron chi connectivity index (χ1n) is 6.98. The van der Waals surface area contributed by atoms with Crippen molar-refractivity contribution < 1.29 is 0 Å². The molecule has 0 aliphatic rings. The van der Waals surface area contributed by atoms with Crippen molar-refractivity contribution in [3.63, 3.8) is 0 Å². The van der Waals surface area contributed by atoms with Gasteiger partial charge >= 0.3 is 0 Å². The van der Waals surface area contributed by atoms with Gasteiger partial charge in [-0.15, -0.1) is 0 Å². The molecule has 0 atom stereocenters. The molecule has 21 heavy (non-hydrogen) atoms. The Hall–Kier alpha value is -1.52. The maximum atomic E-state index is 5.98. The van der Waals surface area contributed by atoms with Crippen LogP contribution in [0.4, 0.5) is 17.5 Å². The second-order valence-corrected chi connectivity index (χ2v) is 5.47. The zero-order chi connectivity index (χ0) is 15.1. The molecule has 1 aromatic heterocycles. The molecule has 2 rings (SSSR count). The third-order valence-electron chi connectivity index (χ3n) is 2.92. The number of anilines is 3. The van der Waals surface area contributed by atoms with Gasteiger partial charge in [-0.2, -0.15) is 4.98 Å². The van der Waals surface area contributed by atoms with Crippen LogP contribution in [0.5, 0.6) is 0 Å². The van der Waals surface area contributed by atoms with Gasteiger partial charge < -0.3 is 10.6 Å². The van der Waals surface area contributed by atoms with E-state index in [2.05, 4.69) is 27.5 Å². The van der Waals surface area contributed by atoms with Crippen molar-refractivity contribution in [2.75, 3.05) is 17.2 Å². The maximum absolute atomic E-state index is 5.98. The first-order chi connectivity index (χ1) is 10.2. The van der Waals surface area contributed by atoms with E-state index in [1.807, 2.05) is 12.1 Å². The van der Waals surface area contributed by atoms with Crippen LogP contribution in [0.3, 0.4) is 0 Å². The number of rotatable bonds is 7. The summed E-state index contributed by atoms with van der Waals surface area (Å²) in [5, 5.41) is 7.41. The van der Waals surface area contributed by atoms with E-state index >= 15 is 0 Å². The summed E-state index contributed by atoms with van der Waals surface area (Å²) in [7, 11) is 0. The van der Waals surface area contributed by atoms with Crippen molar-refractivity contribution in [3.05, 3.63) is 40.5 Å². The predicted molar refractivity (Wildman–Crippen MR) is 89.8 cm³/mol. The van der Waals surface area contributed by atoms with Crippen LogP contribution in [-0.2, 0) is 0 Å². The summed E-state index contributed by atoms with van der Waals surface area (Å²) in [4.78, 5) is 8.60.